The first kappa shape index (κ1) is 6.33. The second-order valence-electron chi connectivity index (χ2n) is 1.43. The topological polar surface area (TPSA) is 0 Å². The van der Waals surface area contributed by atoms with Gasteiger partial charge in [0.25, 0.3) is 0 Å². The van der Waals surface area contributed by atoms with Gasteiger partial charge in [0.15, 0.2) is 0 Å². The maximum atomic E-state index is 2.15. The Bertz CT molecular complexity index is 171. The van der Waals surface area contributed by atoms with Gasteiger partial charge in [-0.2, -0.15) is 0 Å². The molecule has 0 aliphatic rings. The third kappa shape index (κ3) is 1.62. The molecule has 0 atom stereocenters. The molecule has 0 radical (unpaired) electrons. The molecule has 0 aliphatic heterocycles. The van der Waals surface area contributed by atoms with Gasteiger partial charge in [-0.15, -0.1) is 0 Å². The number of hydrogen-bond acceptors (Lipinski definition) is 0. The van der Waals surface area contributed by atoms with E-state index in [1.54, 1.807) is 18.8 Å². The maximum absolute atomic E-state index is 2.15. The Labute approximate surface area is 60.9 Å². The predicted octanol–water partition coefficient (Wildman–Crippen LogP) is 1.72. The Balaban J connectivity index is 2.99. The van der Waals surface area contributed by atoms with E-state index in [-0.39, 0.29) is 0 Å². The third-order valence-corrected chi connectivity index (χ3v) is 3.64. The van der Waals surface area contributed by atoms with Crippen LogP contribution < -0.4 is 5.30 Å². The van der Waals surface area contributed by atoms with Crippen LogP contribution in [-0.2, 0) is 18.8 Å². The quantitative estimate of drug-likeness (QED) is 0.691. The van der Waals surface area contributed by atoms with Gasteiger partial charge in [-0.05, 0) is 0 Å². The Morgan fingerprint density at radius 1 is 1.12 bits per heavy atom. The summed E-state index contributed by atoms with van der Waals surface area (Å²) >= 11 is 1.60. The third-order valence-electron chi connectivity index (χ3n) is 0.862. The van der Waals surface area contributed by atoms with Gasteiger partial charge in [-0.3, -0.25) is 0 Å². The summed E-state index contributed by atoms with van der Waals surface area (Å²) in [7, 11) is 0. The van der Waals surface area contributed by atoms with Crippen molar-refractivity contribution in [3.8, 4) is 0 Å². The molecule has 0 aliphatic carbocycles. The molecule has 0 amide bonds. The molecule has 0 spiro atoms. The molecule has 0 bridgehead atoms. The fourth-order valence-corrected chi connectivity index (χ4v) is 2.09. The molecule has 1 rings (SSSR count). The van der Waals surface area contributed by atoms with Crippen molar-refractivity contribution in [1.82, 2.24) is 0 Å². The van der Waals surface area contributed by atoms with Crippen LogP contribution in [-0.4, -0.2) is 0 Å². The van der Waals surface area contributed by atoms with Crippen molar-refractivity contribution in [2.45, 2.75) is 0 Å². The summed E-state index contributed by atoms with van der Waals surface area (Å²) in [5, 5.41) is 1.42. The SMILES string of the molecule is [W]=[P]c1ccccc1. The van der Waals surface area contributed by atoms with Crippen LogP contribution >= 0.6 is 6.21 Å². The van der Waals surface area contributed by atoms with Crippen molar-refractivity contribution in [2.24, 2.45) is 0 Å². The molecular formula is C6H5PW. The summed E-state index contributed by atoms with van der Waals surface area (Å²) in [5.74, 6) is 0. The van der Waals surface area contributed by atoms with Crippen molar-refractivity contribution >= 4 is 11.5 Å². The van der Waals surface area contributed by atoms with Gasteiger partial charge < -0.3 is 0 Å². The van der Waals surface area contributed by atoms with Crippen LogP contribution in [0.2, 0.25) is 0 Å². The van der Waals surface area contributed by atoms with Crippen molar-refractivity contribution in [2.75, 3.05) is 0 Å². The summed E-state index contributed by atoms with van der Waals surface area (Å²) in [6.07, 6.45) is 1.43. The molecule has 2 heteroatoms. The normalized spacial score (nSPS) is 9.50. The first-order valence-electron chi connectivity index (χ1n) is 2.32. The molecule has 0 aromatic heterocycles. The van der Waals surface area contributed by atoms with Crippen LogP contribution in [0.5, 0.6) is 0 Å². The Kier molecular flexibility index (Phi) is 2.59. The first-order valence-corrected chi connectivity index (χ1v) is 7.06. The van der Waals surface area contributed by atoms with Crippen LogP contribution in [0, 0.1) is 0 Å². The fraction of sp³-hybridized carbons (Fsp3) is 0. The molecule has 40 valence electrons. The van der Waals surface area contributed by atoms with Gasteiger partial charge in [-0.25, -0.2) is 0 Å². The molecule has 0 unspecified atom stereocenters. The van der Waals surface area contributed by atoms with Gasteiger partial charge in [0, 0.05) is 0 Å². The number of benzene rings is 1. The summed E-state index contributed by atoms with van der Waals surface area (Å²) in [5.41, 5.74) is 0. The van der Waals surface area contributed by atoms with E-state index in [1.807, 2.05) is 6.07 Å². The van der Waals surface area contributed by atoms with E-state index >= 15 is 0 Å². The van der Waals surface area contributed by atoms with E-state index in [2.05, 4.69) is 24.3 Å². The van der Waals surface area contributed by atoms with Gasteiger partial charge in [0.2, 0.25) is 0 Å². The van der Waals surface area contributed by atoms with Crippen LogP contribution in [0.4, 0.5) is 0 Å². The standard InChI is InChI=1S/C6H5P.W/c7-6-4-2-1-3-5-6;/h1-5H;. The van der Waals surface area contributed by atoms with Crippen LogP contribution in [0.1, 0.15) is 0 Å². The zero-order valence-corrected chi connectivity index (χ0v) is 8.07. The van der Waals surface area contributed by atoms with Gasteiger partial charge in [-0.1, -0.05) is 0 Å². The molecular weight excluding hydrogens is 287 g/mol. The molecule has 1 aromatic carbocycles. The van der Waals surface area contributed by atoms with Gasteiger partial charge in [0.05, 0.1) is 0 Å². The van der Waals surface area contributed by atoms with Crippen molar-refractivity contribution in [3.63, 3.8) is 0 Å². The summed E-state index contributed by atoms with van der Waals surface area (Å²) in [6, 6.07) is 10.5. The number of rotatable bonds is 1. The van der Waals surface area contributed by atoms with E-state index in [4.69, 9.17) is 0 Å². The van der Waals surface area contributed by atoms with Crippen molar-refractivity contribution < 1.29 is 18.8 Å². The minimum atomic E-state index is 1.42. The average molecular weight is 292 g/mol. The fourth-order valence-electron chi connectivity index (χ4n) is 0.489. The minimum absolute atomic E-state index is 1.42. The zero-order chi connectivity index (χ0) is 5.82. The van der Waals surface area contributed by atoms with Crippen molar-refractivity contribution in [1.29, 1.82) is 0 Å². The van der Waals surface area contributed by atoms with Gasteiger partial charge in [0.1, 0.15) is 0 Å². The summed E-state index contributed by atoms with van der Waals surface area (Å²) in [4.78, 5) is 0. The zero-order valence-electron chi connectivity index (χ0n) is 4.24. The van der Waals surface area contributed by atoms with Crippen LogP contribution in [0.15, 0.2) is 30.3 Å². The van der Waals surface area contributed by atoms with Crippen LogP contribution in [0.3, 0.4) is 0 Å². The molecule has 0 heterocycles. The average Bonchev–Trinajstić information content (AvgIpc) is 1.90. The monoisotopic (exact) mass is 292 g/mol. The van der Waals surface area contributed by atoms with E-state index < -0.39 is 0 Å². The molecule has 0 saturated carbocycles. The second kappa shape index (κ2) is 3.28. The van der Waals surface area contributed by atoms with Crippen LogP contribution in [0.25, 0.3) is 0 Å². The predicted molar refractivity (Wildman–Crippen MR) is 33.0 cm³/mol. The molecule has 0 saturated heterocycles. The first-order chi connectivity index (χ1) is 3.93. The van der Waals surface area contributed by atoms with E-state index in [9.17, 15) is 0 Å². The summed E-state index contributed by atoms with van der Waals surface area (Å²) in [6.45, 7) is 0. The molecule has 8 heavy (non-hydrogen) atoms. The van der Waals surface area contributed by atoms with Crippen molar-refractivity contribution in [3.05, 3.63) is 30.3 Å². The Hall–Kier alpha value is 0.208. The summed E-state index contributed by atoms with van der Waals surface area (Å²) < 4.78 is 0. The number of hydrogen-bond donors (Lipinski definition) is 0. The second-order valence-corrected chi connectivity index (χ2v) is 4.09. The van der Waals surface area contributed by atoms with E-state index in [0.29, 0.717) is 0 Å². The Morgan fingerprint density at radius 2 is 1.75 bits per heavy atom. The molecule has 0 fully saturated rings. The van der Waals surface area contributed by atoms with Gasteiger partial charge >= 0.3 is 60.7 Å². The Morgan fingerprint density at radius 3 is 2.12 bits per heavy atom. The van der Waals surface area contributed by atoms with E-state index in [1.165, 1.54) is 11.5 Å². The molecule has 0 nitrogen and oxygen atoms in total. The molecule has 1 aromatic rings. The van der Waals surface area contributed by atoms with E-state index in [0.717, 1.165) is 0 Å². The molecule has 0 N–H and O–H groups in total.